The maximum Gasteiger partial charge on any atom is 0.516 e. The van der Waals surface area contributed by atoms with Crippen LogP contribution in [0, 0.1) is 0 Å². The van der Waals surface area contributed by atoms with Gasteiger partial charge < -0.3 is 4.84 Å². The summed E-state index contributed by atoms with van der Waals surface area (Å²) in [5, 5.41) is 3.62. The molecule has 0 saturated carbocycles. The van der Waals surface area contributed by atoms with E-state index in [0.29, 0.717) is 6.07 Å². The minimum atomic E-state index is -6.06. The molecule has 0 aliphatic heterocycles. The first-order chi connectivity index (χ1) is 15.5. The zero-order valence-electron chi connectivity index (χ0n) is 16.9. The van der Waals surface area contributed by atoms with Crippen molar-refractivity contribution in [2.45, 2.75) is 37.8 Å². The second-order valence-corrected chi connectivity index (χ2v) is 8.34. The van der Waals surface area contributed by atoms with Gasteiger partial charge in [-0.25, -0.2) is 0 Å². The van der Waals surface area contributed by atoms with Crippen molar-refractivity contribution in [2.75, 3.05) is 4.72 Å². The van der Waals surface area contributed by atoms with Crippen molar-refractivity contribution < 1.29 is 52.8 Å². The number of hydrogen-bond donors (Lipinski definition) is 1. The Bertz CT molecular complexity index is 1140. The van der Waals surface area contributed by atoms with E-state index in [0.717, 1.165) is 35.1 Å². The predicted octanol–water partition coefficient (Wildman–Crippen LogP) is 6.32. The first-order valence-corrected chi connectivity index (χ1v) is 10.6. The standard InChI is InChI=1S/C19H15F9N2O3S/c1-2-15(29-33-10-11-3-5-12(6-4-11)17(20,21)22)14-8-7-13(18(23,24)25)9-16(14)30-34(31,32)19(26,27)28/h3-9,30H,2,10H2,1H3. The number of halogens is 9. The van der Waals surface area contributed by atoms with Gasteiger partial charge in [-0.15, -0.1) is 0 Å². The predicted molar refractivity (Wildman–Crippen MR) is 103 cm³/mol. The Morgan fingerprint density at radius 2 is 1.41 bits per heavy atom. The van der Waals surface area contributed by atoms with Crippen LogP contribution in [0.3, 0.4) is 0 Å². The summed E-state index contributed by atoms with van der Waals surface area (Å²) in [6, 6.07) is 5.16. The fraction of sp³-hybridized carbons (Fsp3) is 0.316. The van der Waals surface area contributed by atoms with Gasteiger partial charge in [-0.05, 0) is 36.2 Å². The van der Waals surface area contributed by atoms with Gasteiger partial charge in [-0.1, -0.05) is 30.3 Å². The van der Waals surface area contributed by atoms with Gasteiger partial charge >= 0.3 is 27.9 Å². The van der Waals surface area contributed by atoms with E-state index >= 15 is 0 Å². The van der Waals surface area contributed by atoms with E-state index in [9.17, 15) is 47.9 Å². The van der Waals surface area contributed by atoms with E-state index in [1.54, 1.807) is 0 Å². The fourth-order valence-electron chi connectivity index (χ4n) is 2.54. The van der Waals surface area contributed by atoms with E-state index in [2.05, 4.69) is 5.16 Å². The molecule has 2 rings (SSSR count). The topological polar surface area (TPSA) is 67.8 Å². The van der Waals surface area contributed by atoms with Crippen LogP contribution in [0.15, 0.2) is 47.6 Å². The van der Waals surface area contributed by atoms with Crippen LogP contribution in [0.25, 0.3) is 0 Å². The molecule has 1 N–H and O–H groups in total. The lowest BCUT2D eigenvalue weighted by molar-refractivity contribution is -0.138. The quantitative estimate of drug-likeness (QED) is 0.263. The first-order valence-electron chi connectivity index (χ1n) is 9.11. The maximum atomic E-state index is 13.0. The summed E-state index contributed by atoms with van der Waals surface area (Å²) in [6.07, 6.45) is -9.66. The highest BCUT2D eigenvalue weighted by atomic mass is 32.2. The smallest absolute Gasteiger partial charge is 0.391 e. The number of sulfonamides is 1. The van der Waals surface area contributed by atoms with Gasteiger partial charge in [0.2, 0.25) is 0 Å². The fourth-order valence-corrected chi connectivity index (χ4v) is 3.11. The highest BCUT2D eigenvalue weighted by Crippen LogP contribution is 2.35. The molecule has 5 nitrogen and oxygen atoms in total. The summed E-state index contributed by atoms with van der Waals surface area (Å²) in [6.45, 7) is 1.03. The monoisotopic (exact) mass is 522 g/mol. The van der Waals surface area contributed by atoms with Crippen LogP contribution in [-0.4, -0.2) is 19.6 Å². The minimum Gasteiger partial charge on any atom is -0.391 e. The lowest BCUT2D eigenvalue weighted by Gasteiger charge is -2.17. The molecular formula is C19H15F9N2O3S. The Hall–Kier alpha value is -2.97. The molecule has 2 aromatic carbocycles. The maximum absolute atomic E-state index is 13.0. The number of hydrogen-bond acceptors (Lipinski definition) is 4. The zero-order valence-corrected chi connectivity index (χ0v) is 17.8. The molecule has 0 heterocycles. The lowest BCUT2D eigenvalue weighted by atomic mass is 10.0. The molecule has 0 bridgehead atoms. The Kier molecular flexibility index (Phi) is 7.80. The minimum absolute atomic E-state index is 0.112. The summed E-state index contributed by atoms with van der Waals surface area (Å²) in [5.41, 5.74) is -9.58. The van der Waals surface area contributed by atoms with Crippen LogP contribution >= 0.6 is 0 Å². The summed E-state index contributed by atoms with van der Waals surface area (Å²) in [4.78, 5) is 4.99. The lowest BCUT2D eigenvalue weighted by Crippen LogP contribution is -2.30. The molecule has 0 aliphatic carbocycles. The average Bonchev–Trinajstić information content (AvgIpc) is 2.69. The molecule has 15 heteroatoms. The highest BCUT2D eigenvalue weighted by Gasteiger charge is 2.46. The molecular weight excluding hydrogens is 507 g/mol. The van der Waals surface area contributed by atoms with Gasteiger partial charge in [0.05, 0.1) is 22.5 Å². The summed E-state index contributed by atoms with van der Waals surface area (Å²) < 4.78 is 139. The number of nitrogens with one attached hydrogen (secondary N) is 1. The van der Waals surface area contributed by atoms with E-state index in [1.807, 2.05) is 0 Å². The molecule has 188 valence electrons. The van der Waals surface area contributed by atoms with Gasteiger partial charge in [0.15, 0.2) is 0 Å². The van der Waals surface area contributed by atoms with Crippen molar-refractivity contribution in [3.8, 4) is 0 Å². The third kappa shape index (κ3) is 6.77. The molecule has 0 saturated heterocycles. The average molecular weight is 522 g/mol. The zero-order chi connectivity index (χ0) is 25.9. The number of nitrogens with zero attached hydrogens (tertiary/aromatic N) is 1. The molecule has 0 atom stereocenters. The van der Waals surface area contributed by atoms with Crippen LogP contribution in [0.4, 0.5) is 45.2 Å². The Balaban J connectivity index is 2.37. The highest BCUT2D eigenvalue weighted by molar-refractivity contribution is 7.93. The van der Waals surface area contributed by atoms with Crippen LogP contribution < -0.4 is 4.72 Å². The van der Waals surface area contributed by atoms with Gasteiger partial charge in [0.25, 0.3) is 0 Å². The van der Waals surface area contributed by atoms with Crippen LogP contribution in [0.1, 0.15) is 35.6 Å². The van der Waals surface area contributed by atoms with E-state index in [1.165, 1.54) is 6.92 Å². The van der Waals surface area contributed by atoms with E-state index in [4.69, 9.17) is 4.84 Å². The summed E-state index contributed by atoms with van der Waals surface area (Å²) in [5.74, 6) is 0. The molecule has 0 fully saturated rings. The molecule has 34 heavy (non-hydrogen) atoms. The van der Waals surface area contributed by atoms with Gasteiger partial charge in [0.1, 0.15) is 6.61 Å². The SMILES string of the molecule is CCC(=NOCc1ccc(C(F)(F)F)cc1)c1ccc(C(F)(F)F)cc1NS(=O)(=O)C(F)(F)F. The van der Waals surface area contributed by atoms with Crippen molar-refractivity contribution in [1.29, 1.82) is 0 Å². The normalized spacial score (nSPS) is 13.6. The van der Waals surface area contributed by atoms with Gasteiger partial charge in [-0.3, -0.25) is 4.72 Å². The Morgan fingerprint density at radius 3 is 1.88 bits per heavy atom. The van der Waals surface area contributed by atoms with Crippen LogP contribution in [-0.2, 0) is 33.8 Å². The first kappa shape index (κ1) is 27.3. The largest absolute Gasteiger partial charge is 0.516 e. The third-order valence-electron chi connectivity index (χ3n) is 4.23. The van der Waals surface area contributed by atoms with E-state index in [-0.39, 0.29) is 30.4 Å². The Morgan fingerprint density at radius 1 is 0.882 bits per heavy atom. The van der Waals surface area contributed by atoms with Crippen molar-refractivity contribution in [3.05, 3.63) is 64.7 Å². The third-order valence-corrected chi connectivity index (χ3v) is 5.33. The number of oxime groups is 1. The number of rotatable bonds is 7. The molecule has 0 radical (unpaired) electrons. The number of anilines is 1. The Labute approximate surface area is 187 Å². The molecule has 0 unspecified atom stereocenters. The van der Waals surface area contributed by atoms with Crippen LogP contribution in [0.5, 0.6) is 0 Å². The number of alkyl halides is 9. The molecule has 0 aromatic heterocycles. The molecule has 0 amide bonds. The second kappa shape index (κ2) is 9.72. The summed E-state index contributed by atoms with van der Waals surface area (Å²) >= 11 is 0. The van der Waals surface area contributed by atoms with Crippen molar-refractivity contribution >= 4 is 21.4 Å². The second-order valence-electron chi connectivity index (χ2n) is 6.67. The van der Waals surface area contributed by atoms with E-state index < -0.39 is 50.3 Å². The van der Waals surface area contributed by atoms with Crippen molar-refractivity contribution in [3.63, 3.8) is 0 Å². The van der Waals surface area contributed by atoms with Crippen molar-refractivity contribution in [2.24, 2.45) is 5.16 Å². The van der Waals surface area contributed by atoms with Gasteiger partial charge in [0, 0.05) is 5.56 Å². The van der Waals surface area contributed by atoms with Crippen LogP contribution in [0.2, 0.25) is 0 Å². The van der Waals surface area contributed by atoms with Gasteiger partial charge in [-0.2, -0.15) is 47.9 Å². The van der Waals surface area contributed by atoms with Crippen molar-refractivity contribution in [1.82, 2.24) is 0 Å². The molecule has 0 spiro atoms. The summed E-state index contributed by atoms with van der Waals surface area (Å²) in [7, 11) is -6.06. The number of benzene rings is 2. The molecule has 0 aliphatic rings. The molecule has 2 aromatic rings.